The van der Waals surface area contributed by atoms with Crippen molar-refractivity contribution in [3.63, 3.8) is 0 Å². The van der Waals surface area contributed by atoms with Crippen LogP contribution in [-0.2, 0) is 4.79 Å². The highest BCUT2D eigenvalue weighted by molar-refractivity contribution is 6.37. The zero-order chi connectivity index (χ0) is 13.7. The molecule has 0 aliphatic rings. The molecule has 5 nitrogen and oxygen atoms in total. The van der Waals surface area contributed by atoms with Gasteiger partial charge in [0.15, 0.2) is 18.2 Å². The molecule has 0 saturated heterocycles. The van der Waals surface area contributed by atoms with E-state index >= 15 is 0 Å². The third kappa shape index (κ3) is 3.81. The highest BCUT2D eigenvalue weighted by atomic mass is 35.5. The van der Waals surface area contributed by atoms with E-state index in [0.717, 1.165) is 0 Å². The van der Waals surface area contributed by atoms with E-state index in [-0.39, 0.29) is 18.3 Å². The first-order valence-electron chi connectivity index (χ1n) is 5.29. The van der Waals surface area contributed by atoms with E-state index in [4.69, 9.17) is 27.9 Å². The van der Waals surface area contributed by atoms with E-state index in [9.17, 15) is 4.79 Å². The Morgan fingerprint density at radius 1 is 1.26 bits per heavy atom. The molecule has 0 spiro atoms. The number of halogens is 2. The molecule has 0 saturated carbocycles. The molecule has 1 N–H and O–H groups in total. The molecule has 1 aromatic carbocycles. The van der Waals surface area contributed by atoms with Crippen molar-refractivity contribution in [2.45, 2.75) is 0 Å². The van der Waals surface area contributed by atoms with Crippen LogP contribution in [0.1, 0.15) is 0 Å². The first-order valence-corrected chi connectivity index (χ1v) is 6.05. The smallest absolute Gasteiger partial charge is 0.263 e. The average molecular weight is 298 g/mol. The standard InChI is InChI=1S/C12H9Cl2N3O2/c13-8-2-1-3-9(14)12(8)19-7-11(18)17-10-6-15-4-5-16-10/h1-6H,7H2,(H,16,17,18). The van der Waals surface area contributed by atoms with Crippen LogP contribution in [0.15, 0.2) is 36.8 Å². The lowest BCUT2D eigenvalue weighted by molar-refractivity contribution is -0.118. The van der Waals surface area contributed by atoms with Crippen LogP contribution in [0.5, 0.6) is 5.75 Å². The van der Waals surface area contributed by atoms with Crippen molar-refractivity contribution in [1.29, 1.82) is 0 Å². The molecule has 98 valence electrons. The summed E-state index contributed by atoms with van der Waals surface area (Å²) in [5.41, 5.74) is 0. The van der Waals surface area contributed by atoms with Crippen molar-refractivity contribution >= 4 is 34.9 Å². The second kappa shape index (κ2) is 6.36. The van der Waals surface area contributed by atoms with Crippen LogP contribution in [0.25, 0.3) is 0 Å². The second-order valence-electron chi connectivity index (χ2n) is 3.48. The highest BCUT2D eigenvalue weighted by Gasteiger charge is 2.09. The fourth-order valence-corrected chi connectivity index (χ4v) is 1.81. The number of ether oxygens (including phenoxy) is 1. The zero-order valence-corrected chi connectivity index (χ0v) is 11.1. The van der Waals surface area contributed by atoms with Crippen LogP contribution in [-0.4, -0.2) is 22.5 Å². The van der Waals surface area contributed by atoms with Crippen LogP contribution in [0.4, 0.5) is 5.82 Å². The maximum absolute atomic E-state index is 11.6. The zero-order valence-electron chi connectivity index (χ0n) is 9.64. The van der Waals surface area contributed by atoms with Crippen molar-refractivity contribution < 1.29 is 9.53 Å². The van der Waals surface area contributed by atoms with Gasteiger partial charge >= 0.3 is 0 Å². The molecular formula is C12H9Cl2N3O2. The molecule has 2 rings (SSSR count). The molecule has 0 unspecified atom stereocenters. The van der Waals surface area contributed by atoms with Gasteiger partial charge < -0.3 is 10.1 Å². The summed E-state index contributed by atoms with van der Waals surface area (Å²) in [6.07, 6.45) is 4.41. The number of aromatic nitrogens is 2. The number of amides is 1. The van der Waals surface area contributed by atoms with E-state index in [1.165, 1.54) is 18.6 Å². The van der Waals surface area contributed by atoms with Gasteiger partial charge in [-0.3, -0.25) is 9.78 Å². The quantitative estimate of drug-likeness (QED) is 0.942. The van der Waals surface area contributed by atoms with Crippen LogP contribution in [0.2, 0.25) is 10.0 Å². The molecule has 2 aromatic rings. The number of rotatable bonds is 4. The van der Waals surface area contributed by atoms with Crippen molar-refractivity contribution in [2.24, 2.45) is 0 Å². The predicted octanol–water partition coefficient (Wildman–Crippen LogP) is 2.80. The van der Waals surface area contributed by atoms with Gasteiger partial charge in [-0.1, -0.05) is 29.3 Å². The number of carbonyl (C=O) groups is 1. The Morgan fingerprint density at radius 3 is 2.63 bits per heavy atom. The minimum atomic E-state index is -0.378. The molecule has 1 amide bonds. The molecule has 7 heteroatoms. The van der Waals surface area contributed by atoms with Crippen molar-refractivity contribution in [1.82, 2.24) is 9.97 Å². The van der Waals surface area contributed by atoms with E-state index in [2.05, 4.69) is 15.3 Å². The monoisotopic (exact) mass is 297 g/mol. The highest BCUT2D eigenvalue weighted by Crippen LogP contribution is 2.32. The van der Waals surface area contributed by atoms with Gasteiger partial charge in [-0.25, -0.2) is 4.98 Å². The lowest BCUT2D eigenvalue weighted by Gasteiger charge is -2.09. The Labute approximate surface area is 119 Å². The molecule has 0 radical (unpaired) electrons. The van der Waals surface area contributed by atoms with Crippen LogP contribution >= 0.6 is 23.2 Å². The molecule has 1 aromatic heterocycles. The first-order chi connectivity index (χ1) is 9.16. The summed E-state index contributed by atoms with van der Waals surface area (Å²) in [5, 5.41) is 3.22. The summed E-state index contributed by atoms with van der Waals surface area (Å²) in [6, 6.07) is 4.95. The normalized spacial score (nSPS) is 10.0. The third-order valence-corrected chi connectivity index (χ3v) is 2.69. The van der Waals surface area contributed by atoms with Gasteiger partial charge in [0.05, 0.1) is 16.2 Å². The minimum absolute atomic E-state index is 0.222. The predicted molar refractivity (Wildman–Crippen MR) is 72.6 cm³/mol. The third-order valence-electron chi connectivity index (χ3n) is 2.10. The Kier molecular flexibility index (Phi) is 4.54. The molecule has 0 bridgehead atoms. The average Bonchev–Trinajstić information content (AvgIpc) is 2.39. The Balaban J connectivity index is 1.94. The van der Waals surface area contributed by atoms with Gasteiger partial charge in [0.25, 0.3) is 5.91 Å². The summed E-state index contributed by atoms with van der Waals surface area (Å²) >= 11 is 11.8. The first kappa shape index (κ1) is 13.6. The number of carbonyl (C=O) groups excluding carboxylic acids is 1. The summed E-state index contributed by atoms with van der Waals surface area (Å²) in [4.78, 5) is 19.3. The van der Waals surface area contributed by atoms with E-state index in [0.29, 0.717) is 15.9 Å². The van der Waals surface area contributed by atoms with Gasteiger partial charge in [-0.2, -0.15) is 0 Å². The topological polar surface area (TPSA) is 64.1 Å². The molecule has 0 aliphatic heterocycles. The van der Waals surface area contributed by atoms with Gasteiger partial charge in [-0.15, -0.1) is 0 Å². The summed E-state index contributed by atoms with van der Waals surface area (Å²) < 4.78 is 5.28. The SMILES string of the molecule is O=C(COc1c(Cl)cccc1Cl)Nc1cnccn1. The van der Waals surface area contributed by atoms with Crippen LogP contribution in [0, 0.1) is 0 Å². The molecule has 19 heavy (non-hydrogen) atoms. The number of hydrogen-bond donors (Lipinski definition) is 1. The number of para-hydroxylation sites is 1. The van der Waals surface area contributed by atoms with E-state index in [1.807, 2.05) is 0 Å². The molecule has 0 aliphatic carbocycles. The largest absolute Gasteiger partial charge is 0.481 e. The number of benzene rings is 1. The second-order valence-corrected chi connectivity index (χ2v) is 4.29. The van der Waals surface area contributed by atoms with Crippen molar-refractivity contribution in [3.8, 4) is 5.75 Å². The summed E-state index contributed by atoms with van der Waals surface area (Å²) in [5.74, 6) is 0.248. The maximum atomic E-state index is 11.6. The Bertz CT molecular complexity index is 558. The number of anilines is 1. The fraction of sp³-hybridized carbons (Fsp3) is 0.0833. The molecule has 1 heterocycles. The van der Waals surface area contributed by atoms with Crippen LogP contribution < -0.4 is 10.1 Å². The number of nitrogens with one attached hydrogen (secondary N) is 1. The lowest BCUT2D eigenvalue weighted by Crippen LogP contribution is -2.21. The number of hydrogen-bond acceptors (Lipinski definition) is 4. The molecule has 0 fully saturated rings. The summed E-state index contributed by atoms with van der Waals surface area (Å²) in [6.45, 7) is -0.222. The number of nitrogens with zero attached hydrogens (tertiary/aromatic N) is 2. The maximum Gasteiger partial charge on any atom is 0.263 e. The van der Waals surface area contributed by atoms with Gasteiger partial charge in [-0.05, 0) is 12.1 Å². The Morgan fingerprint density at radius 2 is 2.00 bits per heavy atom. The van der Waals surface area contributed by atoms with E-state index in [1.54, 1.807) is 18.2 Å². The summed E-state index contributed by atoms with van der Waals surface area (Å²) in [7, 11) is 0. The molecule has 0 atom stereocenters. The van der Waals surface area contributed by atoms with Crippen LogP contribution in [0.3, 0.4) is 0 Å². The Hall–Kier alpha value is -1.85. The fourth-order valence-electron chi connectivity index (χ4n) is 1.30. The van der Waals surface area contributed by atoms with E-state index < -0.39 is 0 Å². The van der Waals surface area contributed by atoms with Gasteiger partial charge in [0.1, 0.15) is 0 Å². The molecular weight excluding hydrogens is 289 g/mol. The van der Waals surface area contributed by atoms with Crippen molar-refractivity contribution in [2.75, 3.05) is 11.9 Å². The minimum Gasteiger partial charge on any atom is -0.481 e. The van der Waals surface area contributed by atoms with Gasteiger partial charge in [0, 0.05) is 12.4 Å². The van der Waals surface area contributed by atoms with Gasteiger partial charge in [0.2, 0.25) is 0 Å². The lowest BCUT2D eigenvalue weighted by atomic mass is 10.3. The van der Waals surface area contributed by atoms with Crippen molar-refractivity contribution in [3.05, 3.63) is 46.8 Å².